The molecule has 0 unspecified atom stereocenters. The second-order valence-corrected chi connectivity index (χ2v) is 5.69. The molecule has 5 nitrogen and oxygen atoms in total. The van der Waals surface area contributed by atoms with Crippen molar-refractivity contribution in [3.8, 4) is 16.9 Å². The Morgan fingerprint density at radius 2 is 2.00 bits per heavy atom. The summed E-state index contributed by atoms with van der Waals surface area (Å²) in [7, 11) is 0. The molecule has 0 radical (unpaired) electrons. The molecule has 0 aliphatic heterocycles. The first-order valence-electron chi connectivity index (χ1n) is 8.05. The van der Waals surface area contributed by atoms with Crippen LogP contribution in [0.1, 0.15) is 30.8 Å². The van der Waals surface area contributed by atoms with Gasteiger partial charge in [0, 0.05) is 24.0 Å². The average molecular weight is 320 g/mol. The predicted molar refractivity (Wildman–Crippen MR) is 94.0 cm³/mol. The summed E-state index contributed by atoms with van der Waals surface area (Å²) in [6.07, 6.45) is 4.37. The van der Waals surface area contributed by atoms with Crippen LogP contribution in [0, 0.1) is 0 Å². The van der Waals surface area contributed by atoms with Crippen LogP contribution in [0.4, 0.5) is 0 Å². The molecule has 0 saturated carbocycles. The summed E-state index contributed by atoms with van der Waals surface area (Å²) in [5.41, 5.74) is 3.05. The van der Waals surface area contributed by atoms with E-state index < -0.39 is 0 Å². The number of carbonyl (C=O) groups is 1. The van der Waals surface area contributed by atoms with Gasteiger partial charge in [-0.15, -0.1) is 0 Å². The van der Waals surface area contributed by atoms with Crippen molar-refractivity contribution in [1.29, 1.82) is 0 Å². The second kappa shape index (κ2) is 7.08. The summed E-state index contributed by atoms with van der Waals surface area (Å²) in [5.74, 6) is -0.163. The van der Waals surface area contributed by atoms with Crippen molar-refractivity contribution in [2.24, 2.45) is 0 Å². The maximum Gasteiger partial charge on any atom is 0.272 e. The van der Waals surface area contributed by atoms with Gasteiger partial charge in [-0.3, -0.25) is 9.78 Å². The van der Waals surface area contributed by atoms with Crippen LogP contribution >= 0.6 is 0 Å². The predicted octanol–water partition coefficient (Wildman–Crippen LogP) is 3.46. The molecular formula is C19H20N4O. The number of hydrogen-bond donors (Lipinski definition) is 1. The smallest absolute Gasteiger partial charge is 0.272 e. The topological polar surface area (TPSA) is 59.8 Å². The minimum absolute atomic E-state index is 0.112. The Balaban J connectivity index is 2.05. The lowest BCUT2D eigenvalue weighted by Crippen LogP contribution is -2.32. The monoisotopic (exact) mass is 320 g/mol. The molecule has 1 atom stereocenters. The molecule has 2 aromatic heterocycles. The zero-order valence-electron chi connectivity index (χ0n) is 13.8. The average Bonchev–Trinajstić information content (AvgIpc) is 3.08. The highest BCUT2D eigenvalue weighted by Crippen LogP contribution is 2.23. The van der Waals surface area contributed by atoms with E-state index in [2.05, 4.69) is 15.4 Å². The third-order valence-electron chi connectivity index (χ3n) is 3.89. The van der Waals surface area contributed by atoms with Crippen molar-refractivity contribution in [3.05, 3.63) is 66.6 Å². The number of benzene rings is 1. The molecule has 0 fully saturated rings. The summed E-state index contributed by atoms with van der Waals surface area (Å²) in [4.78, 5) is 16.6. The summed E-state index contributed by atoms with van der Waals surface area (Å²) in [5, 5.41) is 7.48. The van der Waals surface area contributed by atoms with E-state index in [0.29, 0.717) is 5.69 Å². The van der Waals surface area contributed by atoms with Gasteiger partial charge in [-0.05, 0) is 43.7 Å². The van der Waals surface area contributed by atoms with E-state index in [9.17, 15) is 4.79 Å². The molecule has 0 spiro atoms. The first-order valence-corrected chi connectivity index (χ1v) is 8.05. The van der Waals surface area contributed by atoms with Gasteiger partial charge in [0.15, 0.2) is 5.69 Å². The van der Waals surface area contributed by atoms with Crippen LogP contribution in [0.25, 0.3) is 16.9 Å². The molecule has 5 heteroatoms. The highest BCUT2D eigenvalue weighted by molar-refractivity contribution is 5.93. The summed E-state index contributed by atoms with van der Waals surface area (Å²) >= 11 is 0. The number of amides is 1. The zero-order chi connectivity index (χ0) is 16.9. The summed E-state index contributed by atoms with van der Waals surface area (Å²) < 4.78 is 1.78. The lowest BCUT2D eigenvalue weighted by molar-refractivity contribution is 0.0934. The van der Waals surface area contributed by atoms with E-state index in [1.54, 1.807) is 17.1 Å². The number of hydrogen-bond acceptors (Lipinski definition) is 3. The maximum absolute atomic E-state index is 12.4. The van der Waals surface area contributed by atoms with Gasteiger partial charge in [0.05, 0.1) is 11.4 Å². The highest BCUT2D eigenvalue weighted by Gasteiger charge is 2.17. The van der Waals surface area contributed by atoms with Crippen molar-refractivity contribution in [2.45, 2.75) is 26.3 Å². The molecule has 3 rings (SSSR count). The molecule has 2 heterocycles. The normalized spacial score (nSPS) is 11.9. The Bertz CT molecular complexity index is 755. The van der Waals surface area contributed by atoms with Crippen LogP contribution in [-0.2, 0) is 0 Å². The van der Waals surface area contributed by atoms with Crippen LogP contribution in [0.2, 0.25) is 0 Å². The van der Waals surface area contributed by atoms with Gasteiger partial charge in [0.25, 0.3) is 5.91 Å². The Labute approximate surface area is 141 Å². The van der Waals surface area contributed by atoms with Crippen LogP contribution in [0.5, 0.6) is 0 Å². The SMILES string of the molecule is CC[C@@H](C)NC(=O)c1cc(-c2cccnc2)n(-c2ccccc2)n1. The fourth-order valence-corrected chi connectivity index (χ4v) is 2.38. The standard InChI is InChI=1S/C19H20N4O/c1-3-14(2)21-19(24)17-12-18(15-8-7-11-20-13-15)23(22-17)16-9-5-4-6-10-16/h4-14H,3H2,1-2H3,(H,21,24)/t14-/m1/s1. The third-order valence-corrected chi connectivity index (χ3v) is 3.89. The van der Waals surface area contributed by atoms with Crippen molar-refractivity contribution in [3.63, 3.8) is 0 Å². The molecule has 24 heavy (non-hydrogen) atoms. The van der Waals surface area contributed by atoms with Crippen molar-refractivity contribution >= 4 is 5.91 Å². The Morgan fingerprint density at radius 1 is 1.21 bits per heavy atom. The van der Waals surface area contributed by atoms with Gasteiger partial charge in [0.2, 0.25) is 0 Å². The number of nitrogens with zero attached hydrogens (tertiary/aromatic N) is 3. The van der Waals surface area contributed by atoms with Crippen molar-refractivity contribution in [2.75, 3.05) is 0 Å². The molecule has 0 bridgehead atoms. The van der Waals surface area contributed by atoms with E-state index >= 15 is 0 Å². The van der Waals surface area contributed by atoms with Crippen LogP contribution in [0.3, 0.4) is 0 Å². The highest BCUT2D eigenvalue weighted by atomic mass is 16.2. The fraction of sp³-hybridized carbons (Fsp3) is 0.211. The number of aromatic nitrogens is 3. The Hall–Kier alpha value is -2.95. The number of nitrogens with one attached hydrogen (secondary N) is 1. The van der Waals surface area contributed by atoms with Gasteiger partial charge in [-0.25, -0.2) is 4.68 Å². The van der Waals surface area contributed by atoms with Crippen molar-refractivity contribution < 1.29 is 4.79 Å². The van der Waals surface area contributed by atoms with Crippen LogP contribution in [-0.4, -0.2) is 26.7 Å². The van der Waals surface area contributed by atoms with E-state index in [1.165, 1.54) is 0 Å². The third kappa shape index (κ3) is 3.35. The largest absolute Gasteiger partial charge is 0.348 e. The fourth-order valence-electron chi connectivity index (χ4n) is 2.38. The van der Waals surface area contributed by atoms with E-state index in [4.69, 9.17) is 0 Å². The van der Waals surface area contributed by atoms with E-state index in [-0.39, 0.29) is 11.9 Å². The molecule has 122 valence electrons. The summed E-state index contributed by atoms with van der Waals surface area (Å²) in [6.45, 7) is 4.02. The first kappa shape index (κ1) is 15.9. The Kier molecular flexibility index (Phi) is 4.70. The second-order valence-electron chi connectivity index (χ2n) is 5.69. The van der Waals surface area contributed by atoms with Crippen LogP contribution in [0.15, 0.2) is 60.9 Å². The van der Waals surface area contributed by atoms with Gasteiger partial charge < -0.3 is 5.32 Å². The zero-order valence-corrected chi connectivity index (χ0v) is 13.8. The molecular weight excluding hydrogens is 300 g/mol. The van der Waals surface area contributed by atoms with Gasteiger partial charge in [-0.1, -0.05) is 25.1 Å². The maximum atomic E-state index is 12.4. The lowest BCUT2D eigenvalue weighted by atomic mass is 10.2. The minimum Gasteiger partial charge on any atom is -0.348 e. The quantitative estimate of drug-likeness (QED) is 0.783. The molecule has 1 aromatic carbocycles. The van der Waals surface area contributed by atoms with E-state index in [1.807, 2.05) is 62.4 Å². The van der Waals surface area contributed by atoms with Gasteiger partial charge in [0.1, 0.15) is 0 Å². The van der Waals surface area contributed by atoms with Gasteiger partial charge in [-0.2, -0.15) is 5.10 Å². The number of rotatable bonds is 5. The first-order chi connectivity index (χ1) is 11.7. The molecule has 0 saturated heterocycles. The Morgan fingerprint density at radius 3 is 2.67 bits per heavy atom. The molecule has 1 amide bonds. The lowest BCUT2D eigenvalue weighted by Gasteiger charge is -2.09. The van der Waals surface area contributed by atoms with Crippen molar-refractivity contribution in [1.82, 2.24) is 20.1 Å². The molecule has 0 aliphatic carbocycles. The number of carbonyl (C=O) groups excluding carboxylic acids is 1. The van der Waals surface area contributed by atoms with Gasteiger partial charge >= 0.3 is 0 Å². The van der Waals surface area contributed by atoms with Crippen LogP contribution < -0.4 is 5.32 Å². The number of para-hydroxylation sites is 1. The molecule has 3 aromatic rings. The number of pyridine rings is 1. The van der Waals surface area contributed by atoms with E-state index in [0.717, 1.165) is 23.4 Å². The summed E-state index contributed by atoms with van der Waals surface area (Å²) in [6, 6.07) is 15.5. The molecule has 1 N–H and O–H groups in total. The minimum atomic E-state index is -0.163. The molecule has 0 aliphatic rings.